The van der Waals surface area contributed by atoms with Crippen LogP contribution in [0.5, 0.6) is 5.75 Å². The quantitative estimate of drug-likeness (QED) is 0.639. The minimum absolute atomic E-state index is 0.184. The van der Waals surface area contributed by atoms with Gasteiger partial charge < -0.3 is 10.2 Å². The van der Waals surface area contributed by atoms with Crippen molar-refractivity contribution in [2.24, 2.45) is 5.41 Å². The van der Waals surface area contributed by atoms with Gasteiger partial charge in [-0.3, -0.25) is 4.90 Å². The molecule has 2 N–H and O–H groups in total. The first-order chi connectivity index (χ1) is 11.5. The Labute approximate surface area is 146 Å². The highest BCUT2D eigenvalue weighted by molar-refractivity contribution is 7.27. The second-order valence-electron chi connectivity index (χ2n) is 8.59. The van der Waals surface area contributed by atoms with Crippen molar-refractivity contribution >= 4 is 14.5 Å². The van der Waals surface area contributed by atoms with Crippen LogP contribution in [-0.2, 0) is 11.8 Å². The summed E-state index contributed by atoms with van der Waals surface area (Å²) in [6.07, 6.45) is 8.06. The highest BCUT2D eigenvalue weighted by atomic mass is 31.0. The van der Waals surface area contributed by atoms with Crippen LogP contribution in [0.15, 0.2) is 24.8 Å². The molecule has 3 nitrogen and oxygen atoms in total. The zero-order valence-corrected chi connectivity index (χ0v) is 15.2. The second kappa shape index (κ2) is 4.63. The van der Waals surface area contributed by atoms with Gasteiger partial charge in [0, 0.05) is 40.8 Å². The van der Waals surface area contributed by atoms with Crippen molar-refractivity contribution in [3.63, 3.8) is 0 Å². The third-order valence-electron chi connectivity index (χ3n) is 7.49. The summed E-state index contributed by atoms with van der Waals surface area (Å²) in [6, 6.07) is 4.41. The monoisotopic (exact) mass is 343 g/mol. The van der Waals surface area contributed by atoms with Gasteiger partial charge in [-0.1, -0.05) is 31.1 Å². The Kier molecular flexibility index (Phi) is 2.97. The van der Waals surface area contributed by atoms with Crippen molar-refractivity contribution in [2.75, 3.05) is 13.1 Å². The van der Waals surface area contributed by atoms with E-state index in [0.29, 0.717) is 5.75 Å². The van der Waals surface area contributed by atoms with E-state index in [1.807, 2.05) is 12.1 Å². The number of hydrogen-bond acceptors (Lipinski definition) is 3. The SMILES string of the molecule is C=CCN1CC23Cc4ccc(P)c(O)c4[C@]4(CCCC[C@@]4(O)[C@H]12)C3. The van der Waals surface area contributed by atoms with Gasteiger partial charge in [-0.2, -0.15) is 0 Å². The molecule has 1 aromatic carbocycles. The molecule has 1 aliphatic heterocycles. The number of hydrogen-bond donors (Lipinski definition) is 2. The molecule has 2 bridgehead atoms. The zero-order chi connectivity index (χ0) is 16.7. The zero-order valence-electron chi connectivity index (χ0n) is 14.1. The number of phenols is 1. The number of aliphatic hydroxyl groups is 1. The van der Waals surface area contributed by atoms with Crippen LogP contribution in [0, 0.1) is 5.41 Å². The number of aromatic hydroxyl groups is 1. The molecule has 2 spiro atoms. The van der Waals surface area contributed by atoms with Gasteiger partial charge in [-0.25, -0.2) is 0 Å². The van der Waals surface area contributed by atoms with Crippen LogP contribution in [0.4, 0.5) is 0 Å². The summed E-state index contributed by atoms with van der Waals surface area (Å²) in [4.78, 5) is 2.42. The summed E-state index contributed by atoms with van der Waals surface area (Å²) < 4.78 is 0. The van der Waals surface area contributed by atoms with E-state index >= 15 is 0 Å². The molecule has 4 aliphatic rings. The lowest BCUT2D eigenvalue weighted by Crippen LogP contribution is -2.70. The van der Waals surface area contributed by atoms with Crippen LogP contribution < -0.4 is 5.30 Å². The van der Waals surface area contributed by atoms with Gasteiger partial charge in [0.25, 0.3) is 0 Å². The van der Waals surface area contributed by atoms with Gasteiger partial charge in [-0.15, -0.1) is 15.8 Å². The predicted molar refractivity (Wildman–Crippen MR) is 98.9 cm³/mol. The van der Waals surface area contributed by atoms with Gasteiger partial charge in [0.05, 0.1) is 5.60 Å². The average Bonchev–Trinajstić information content (AvgIpc) is 2.67. The van der Waals surface area contributed by atoms with Gasteiger partial charge in [0.2, 0.25) is 0 Å². The van der Waals surface area contributed by atoms with Crippen molar-refractivity contribution in [3.8, 4) is 5.75 Å². The van der Waals surface area contributed by atoms with E-state index in [1.165, 1.54) is 5.56 Å². The Bertz CT molecular complexity index is 749. The van der Waals surface area contributed by atoms with Crippen molar-refractivity contribution in [1.82, 2.24) is 4.90 Å². The minimum Gasteiger partial charge on any atom is -0.507 e. The molecule has 1 heterocycles. The maximum atomic E-state index is 12.0. The molecular weight excluding hydrogens is 317 g/mol. The van der Waals surface area contributed by atoms with Gasteiger partial charge >= 0.3 is 0 Å². The topological polar surface area (TPSA) is 43.7 Å². The number of phenolic OH excluding ortho intramolecular Hbond substituents is 1. The normalized spacial score (nSPS) is 42.7. The average molecular weight is 343 g/mol. The highest BCUT2D eigenvalue weighted by Crippen LogP contribution is 2.72. The Hall–Kier alpha value is -0.890. The fraction of sp³-hybridized carbons (Fsp3) is 0.600. The van der Waals surface area contributed by atoms with Crippen molar-refractivity contribution in [1.29, 1.82) is 0 Å². The molecule has 1 aromatic rings. The lowest BCUT2D eigenvalue weighted by molar-refractivity contribution is -0.150. The maximum Gasteiger partial charge on any atom is 0.126 e. The van der Waals surface area contributed by atoms with E-state index in [2.05, 4.69) is 26.8 Å². The molecule has 0 aromatic heterocycles. The molecular formula is C20H26NO2P. The Morgan fingerprint density at radius 3 is 2.92 bits per heavy atom. The van der Waals surface area contributed by atoms with Gasteiger partial charge in [0.1, 0.15) is 5.75 Å². The van der Waals surface area contributed by atoms with Crippen LogP contribution >= 0.6 is 9.24 Å². The van der Waals surface area contributed by atoms with E-state index in [9.17, 15) is 10.2 Å². The first-order valence-electron chi connectivity index (χ1n) is 9.16. The van der Waals surface area contributed by atoms with E-state index in [-0.39, 0.29) is 16.9 Å². The molecule has 4 heteroatoms. The standard InChI is InChI=1S/C20H26NO2P/c1-2-9-21-12-18-10-13-5-6-14(24)16(22)15(13)19(11-18)7-3-4-8-20(19,23)17(18)21/h2,5-6,17,22-23H,1,3-4,7-12,24H2/t17-,18?,19+,20-/m1/s1. The van der Waals surface area contributed by atoms with E-state index in [1.54, 1.807) is 0 Å². The lowest BCUT2D eigenvalue weighted by atomic mass is 9.58. The Morgan fingerprint density at radius 1 is 1.33 bits per heavy atom. The Morgan fingerprint density at radius 2 is 2.12 bits per heavy atom. The highest BCUT2D eigenvalue weighted by Gasteiger charge is 2.77. The van der Waals surface area contributed by atoms with Crippen LogP contribution in [0.2, 0.25) is 0 Å². The third kappa shape index (κ3) is 1.51. The molecule has 0 amide bonds. The van der Waals surface area contributed by atoms with Crippen molar-refractivity contribution < 1.29 is 10.2 Å². The molecule has 24 heavy (non-hydrogen) atoms. The summed E-state index contributed by atoms with van der Waals surface area (Å²) >= 11 is 0. The minimum atomic E-state index is -0.715. The molecule has 2 saturated carbocycles. The fourth-order valence-corrected chi connectivity index (χ4v) is 7.27. The largest absolute Gasteiger partial charge is 0.507 e. The molecule has 5 atom stereocenters. The van der Waals surface area contributed by atoms with Crippen LogP contribution in [0.3, 0.4) is 0 Å². The van der Waals surface area contributed by atoms with Gasteiger partial charge in [0.15, 0.2) is 0 Å². The molecule has 128 valence electrons. The fourth-order valence-electron chi connectivity index (χ4n) is 7.03. The van der Waals surface area contributed by atoms with Gasteiger partial charge in [-0.05, 0) is 31.2 Å². The first kappa shape index (κ1) is 15.4. The summed E-state index contributed by atoms with van der Waals surface area (Å²) in [6.45, 7) is 5.81. The summed E-state index contributed by atoms with van der Waals surface area (Å²) in [5.74, 6) is 0.407. The summed E-state index contributed by atoms with van der Waals surface area (Å²) in [5.41, 5.74) is 1.54. The van der Waals surface area contributed by atoms with Crippen LogP contribution in [-0.4, -0.2) is 39.8 Å². The van der Waals surface area contributed by atoms with Crippen LogP contribution in [0.25, 0.3) is 0 Å². The molecule has 2 unspecified atom stereocenters. The Balaban J connectivity index is 1.75. The van der Waals surface area contributed by atoms with E-state index < -0.39 is 5.60 Å². The molecule has 5 rings (SSSR count). The first-order valence-corrected chi connectivity index (χ1v) is 9.73. The predicted octanol–water partition coefficient (Wildman–Crippen LogP) is 2.25. The van der Waals surface area contributed by atoms with Crippen molar-refractivity contribution in [2.45, 2.75) is 55.6 Å². The number of benzene rings is 1. The summed E-state index contributed by atoms with van der Waals surface area (Å²) in [5, 5.41) is 23.8. The molecule has 0 radical (unpaired) electrons. The molecule has 3 aliphatic carbocycles. The van der Waals surface area contributed by atoms with E-state index in [0.717, 1.165) is 62.5 Å². The van der Waals surface area contributed by atoms with Crippen LogP contribution in [0.1, 0.15) is 43.2 Å². The third-order valence-corrected chi connectivity index (χ3v) is 7.96. The molecule has 1 saturated heterocycles. The summed E-state index contributed by atoms with van der Waals surface area (Å²) in [7, 11) is 2.66. The number of likely N-dealkylation sites (tertiary alicyclic amines) is 1. The van der Waals surface area contributed by atoms with E-state index in [4.69, 9.17) is 0 Å². The number of rotatable bonds is 2. The number of nitrogens with zero attached hydrogens (tertiary/aromatic N) is 1. The van der Waals surface area contributed by atoms with Crippen molar-refractivity contribution in [3.05, 3.63) is 35.9 Å². The number of fused-ring (bicyclic) bond motifs is 2. The lowest BCUT2D eigenvalue weighted by Gasteiger charge is -2.58. The smallest absolute Gasteiger partial charge is 0.126 e. The molecule has 3 fully saturated rings. The maximum absolute atomic E-state index is 12.0. The second-order valence-corrected chi connectivity index (χ2v) is 9.21.